The monoisotopic (exact) mass is 222 g/mol. The van der Waals surface area contributed by atoms with Crippen molar-refractivity contribution in [3.8, 4) is 0 Å². The summed E-state index contributed by atoms with van der Waals surface area (Å²) in [6, 6.07) is 0. The number of primary amides is 1. The Morgan fingerprint density at radius 3 is 2.00 bits per heavy atom. The fourth-order valence-corrected chi connectivity index (χ4v) is 0.377. The second kappa shape index (κ2) is 13.4. The molecule has 0 aliphatic rings. The van der Waals surface area contributed by atoms with Crippen LogP contribution in [0.25, 0.3) is 0 Å². The molecule has 2 amide bonds. The van der Waals surface area contributed by atoms with E-state index in [0.29, 0.717) is 5.92 Å². The molecular formula is C10H19N2NaO2. The maximum atomic E-state index is 10.5. The molecule has 0 aliphatic heterocycles. The van der Waals surface area contributed by atoms with Crippen molar-refractivity contribution >= 4 is 11.8 Å². The van der Waals surface area contributed by atoms with Crippen LogP contribution in [0.4, 0.5) is 0 Å². The Balaban J connectivity index is -0.0000000904. The van der Waals surface area contributed by atoms with Gasteiger partial charge >= 0.3 is 29.6 Å². The van der Waals surface area contributed by atoms with Crippen LogP contribution in [-0.4, -0.2) is 18.4 Å². The molecule has 0 fully saturated rings. The van der Waals surface area contributed by atoms with Gasteiger partial charge < -0.3 is 12.5 Å². The molecule has 15 heavy (non-hydrogen) atoms. The van der Waals surface area contributed by atoms with Crippen molar-refractivity contribution in [2.45, 2.75) is 13.8 Å². The van der Waals surface area contributed by atoms with Gasteiger partial charge in [0.1, 0.15) is 0 Å². The Kier molecular flexibility index (Phi) is 17.8. The van der Waals surface area contributed by atoms with Crippen molar-refractivity contribution in [1.82, 2.24) is 5.32 Å². The van der Waals surface area contributed by atoms with Crippen LogP contribution in [-0.2, 0) is 9.59 Å². The Labute approximate surface area is 115 Å². The van der Waals surface area contributed by atoms with Gasteiger partial charge in [0.25, 0.3) is 0 Å². The summed E-state index contributed by atoms with van der Waals surface area (Å²) in [4.78, 5) is 20.0. The van der Waals surface area contributed by atoms with E-state index in [1.54, 1.807) is 0 Å². The van der Waals surface area contributed by atoms with Gasteiger partial charge in [-0.25, -0.2) is 0 Å². The molecule has 0 atom stereocenters. The van der Waals surface area contributed by atoms with Gasteiger partial charge in [-0.3, -0.25) is 9.59 Å². The number of hydrogen-bond donors (Lipinski definition) is 2. The minimum absolute atomic E-state index is 0. The predicted molar refractivity (Wildman–Crippen MR) is 58.5 cm³/mol. The van der Waals surface area contributed by atoms with E-state index in [0.717, 1.165) is 12.6 Å². The number of hydrogen-bond acceptors (Lipinski definition) is 2. The summed E-state index contributed by atoms with van der Waals surface area (Å²) >= 11 is 0. The smallest absolute Gasteiger partial charge is 1.00 e. The summed E-state index contributed by atoms with van der Waals surface area (Å²) in [7, 11) is 0. The van der Waals surface area contributed by atoms with Crippen LogP contribution in [0.3, 0.4) is 0 Å². The molecule has 0 unspecified atom stereocenters. The number of nitrogens with one attached hydrogen (secondary N) is 1. The van der Waals surface area contributed by atoms with Crippen molar-refractivity contribution in [3.63, 3.8) is 0 Å². The molecule has 0 aliphatic carbocycles. The fraction of sp³-hybridized carbons (Fsp3) is 0.400. The van der Waals surface area contributed by atoms with Crippen LogP contribution >= 0.6 is 0 Å². The summed E-state index contributed by atoms with van der Waals surface area (Å²) in [6.07, 6.45) is 2.34. The molecule has 0 aromatic rings. The molecule has 5 heteroatoms. The zero-order chi connectivity index (χ0) is 11.6. The first-order chi connectivity index (χ1) is 6.43. The van der Waals surface area contributed by atoms with Gasteiger partial charge in [-0.05, 0) is 18.1 Å². The molecule has 0 aromatic heterocycles. The Bertz CT molecular complexity index is 221. The van der Waals surface area contributed by atoms with Gasteiger partial charge in [0.2, 0.25) is 11.8 Å². The van der Waals surface area contributed by atoms with Crippen LogP contribution in [0, 0.1) is 5.92 Å². The summed E-state index contributed by atoms with van der Waals surface area (Å²) in [5.74, 6) is -0.0670. The quantitative estimate of drug-likeness (QED) is 0.415. The van der Waals surface area contributed by atoms with E-state index in [9.17, 15) is 9.59 Å². The third-order valence-corrected chi connectivity index (χ3v) is 1.07. The largest absolute Gasteiger partial charge is 1.00 e. The average Bonchev–Trinajstić information content (AvgIpc) is 2.14. The zero-order valence-corrected chi connectivity index (χ0v) is 11.7. The third kappa shape index (κ3) is 24.7. The predicted octanol–water partition coefficient (Wildman–Crippen LogP) is -2.28. The summed E-state index contributed by atoms with van der Waals surface area (Å²) in [6.45, 7) is 11.2. The van der Waals surface area contributed by atoms with Gasteiger partial charge in [-0.2, -0.15) is 0 Å². The first-order valence-electron chi connectivity index (χ1n) is 4.26. The maximum absolute atomic E-state index is 10.5. The number of carbonyl (C=O) groups excluding carboxylic acids is 2. The fourth-order valence-electron chi connectivity index (χ4n) is 0.377. The molecule has 0 spiro atoms. The topological polar surface area (TPSA) is 72.2 Å². The molecule has 0 heterocycles. The van der Waals surface area contributed by atoms with Crippen LogP contribution in [0.1, 0.15) is 15.3 Å². The van der Waals surface area contributed by atoms with Gasteiger partial charge in [-0.1, -0.05) is 27.0 Å². The Morgan fingerprint density at radius 1 is 1.40 bits per heavy atom. The van der Waals surface area contributed by atoms with Crippen LogP contribution < -0.4 is 40.6 Å². The standard InChI is InChI=1S/C7H13NO.C3H5NO.Na.H/c1-4-7(9)8-5-6(2)3;1-2-3(4)5;;/h4,6H,1,5H2,2-3H3,(H,8,9);2H,1H2,(H2,4,5);;/q;;+1;-1. The second-order valence-electron chi connectivity index (χ2n) is 2.95. The Hall–Kier alpha value is -0.580. The minimum Gasteiger partial charge on any atom is -1.00 e. The molecule has 0 saturated carbocycles. The molecule has 0 saturated heterocycles. The van der Waals surface area contributed by atoms with Crippen LogP contribution in [0.2, 0.25) is 0 Å². The zero-order valence-electron chi connectivity index (χ0n) is 10.7. The third-order valence-electron chi connectivity index (χ3n) is 1.07. The number of amides is 2. The summed E-state index contributed by atoms with van der Waals surface area (Å²) in [5.41, 5.74) is 4.53. The van der Waals surface area contributed by atoms with E-state index < -0.39 is 5.91 Å². The first-order valence-corrected chi connectivity index (χ1v) is 4.26. The molecule has 0 bridgehead atoms. The Morgan fingerprint density at radius 2 is 1.80 bits per heavy atom. The van der Waals surface area contributed by atoms with Gasteiger partial charge in [0.15, 0.2) is 0 Å². The minimum atomic E-state index is -0.481. The SMILES string of the molecule is C=CC(=O)NCC(C)C.C=CC(N)=O.[H-].[Na+]. The van der Waals surface area contributed by atoms with Crippen LogP contribution in [0.5, 0.6) is 0 Å². The normalized spacial score (nSPS) is 7.67. The number of carbonyl (C=O) groups is 2. The van der Waals surface area contributed by atoms with Gasteiger partial charge in [0, 0.05) is 6.54 Å². The van der Waals surface area contributed by atoms with E-state index >= 15 is 0 Å². The van der Waals surface area contributed by atoms with E-state index in [1.165, 1.54) is 6.08 Å². The van der Waals surface area contributed by atoms with Crippen molar-refractivity contribution in [2.75, 3.05) is 6.54 Å². The summed E-state index contributed by atoms with van der Waals surface area (Å²) < 4.78 is 0. The second-order valence-corrected chi connectivity index (χ2v) is 2.95. The molecular weight excluding hydrogens is 203 g/mol. The van der Waals surface area contributed by atoms with Crippen molar-refractivity contribution in [1.29, 1.82) is 0 Å². The molecule has 0 rings (SSSR count). The summed E-state index contributed by atoms with van der Waals surface area (Å²) in [5, 5.41) is 2.67. The van der Waals surface area contributed by atoms with E-state index in [4.69, 9.17) is 0 Å². The van der Waals surface area contributed by atoms with Gasteiger partial charge in [-0.15, -0.1) is 0 Å². The molecule has 82 valence electrons. The average molecular weight is 222 g/mol. The molecule has 0 aromatic carbocycles. The number of nitrogens with two attached hydrogens (primary N) is 1. The molecule has 0 radical (unpaired) electrons. The van der Waals surface area contributed by atoms with E-state index in [2.05, 4.69) is 24.2 Å². The van der Waals surface area contributed by atoms with Crippen LogP contribution in [0.15, 0.2) is 25.3 Å². The number of rotatable bonds is 4. The van der Waals surface area contributed by atoms with Crippen molar-refractivity contribution in [2.24, 2.45) is 11.7 Å². The first kappa shape index (κ1) is 19.9. The molecule has 4 nitrogen and oxygen atoms in total. The van der Waals surface area contributed by atoms with Crippen molar-refractivity contribution < 1.29 is 40.6 Å². The van der Waals surface area contributed by atoms with Gasteiger partial charge in [0.05, 0.1) is 0 Å². The van der Waals surface area contributed by atoms with E-state index in [-0.39, 0.29) is 36.9 Å². The van der Waals surface area contributed by atoms with E-state index in [1.807, 2.05) is 13.8 Å². The van der Waals surface area contributed by atoms with Crippen molar-refractivity contribution in [3.05, 3.63) is 25.3 Å². The molecule has 3 N–H and O–H groups in total. The maximum Gasteiger partial charge on any atom is 1.00 e.